The van der Waals surface area contributed by atoms with E-state index in [1.807, 2.05) is 24.4 Å². The quantitative estimate of drug-likeness (QED) is 0.199. The summed E-state index contributed by atoms with van der Waals surface area (Å²) >= 11 is 0. The van der Waals surface area contributed by atoms with Gasteiger partial charge in [0.15, 0.2) is 0 Å². The summed E-state index contributed by atoms with van der Waals surface area (Å²) in [5.74, 6) is -0.534. The predicted octanol–water partition coefficient (Wildman–Crippen LogP) is 4.87. The van der Waals surface area contributed by atoms with Gasteiger partial charge in [0.25, 0.3) is 0 Å². The Kier molecular flexibility index (Phi) is 9.58. The average molecular weight is 681 g/mol. The van der Waals surface area contributed by atoms with Crippen LogP contribution >= 0.6 is 0 Å². The lowest BCUT2D eigenvalue weighted by atomic mass is 10.1. The number of rotatable bonds is 9. The Bertz CT molecular complexity index is 1880. The van der Waals surface area contributed by atoms with Gasteiger partial charge in [-0.1, -0.05) is 30.4 Å². The molecule has 1 fully saturated rings. The number of amides is 1. The van der Waals surface area contributed by atoms with Crippen molar-refractivity contribution in [3.63, 3.8) is 0 Å². The van der Waals surface area contributed by atoms with Crippen molar-refractivity contribution in [2.75, 3.05) is 37.6 Å². The normalized spacial score (nSPS) is 17.5. The third kappa shape index (κ3) is 7.56. The fourth-order valence-corrected chi connectivity index (χ4v) is 7.20. The Morgan fingerprint density at radius 1 is 0.938 bits per heavy atom. The maximum absolute atomic E-state index is 13.4. The molecule has 2 aromatic heterocycles. The van der Waals surface area contributed by atoms with E-state index in [0.29, 0.717) is 35.7 Å². The Morgan fingerprint density at radius 3 is 2.33 bits per heavy atom. The standard InChI is InChI=1S/C34H32F4N6O3S/c35-28-9-11-29(12-10-28)48(46,47)44-14-2-4-31(44)33(45)40-22-25-19-30(26-5-7-27(8-6-26)34(36,37)38)41-32(20-25)43-17-15-42(16-18-43)23-24-3-1-13-39-21-24/h1-13,19-21,31H,14-18,22-23H2,(H,40,45). The molecule has 4 heterocycles. The molecule has 0 saturated carbocycles. The van der Waals surface area contributed by atoms with Crippen LogP contribution in [0.4, 0.5) is 23.4 Å². The fraction of sp³-hybridized carbons (Fsp3) is 0.265. The van der Waals surface area contributed by atoms with Crippen LogP contribution in [0, 0.1) is 5.82 Å². The van der Waals surface area contributed by atoms with E-state index in [0.717, 1.165) is 65.9 Å². The van der Waals surface area contributed by atoms with Gasteiger partial charge in [0.05, 0.1) is 16.2 Å². The number of alkyl halides is 3. The van der Waals surface area contributed by atoms with E-state index in [2.05, 4.69) is 20.1 Å². The van der Waals surface area contributed by atoms with Gasteiger partial charge >= 0.3 is 6.18 Å². The average Bonchev–Trinajstić information content (AvgIpc) is 3.59. The first-order chi connectivity index (χ1) is 23.0. The summed E-state index contributed by atoms with van der Waals surface area (Å²) in [5, 5.41) is 2.81. The monoisotopic (exact) mass is 680 g/mol. The number of hydrogen-bond donors (Lipinski definition) is 1. The molecule has 1 atom stereocenters. The SMILES string of the molecule is O=C(NCc1cc(-c2ccc(C(F)(F)F)cc2)nc(N2CCN(Cc3cccnc3)CC2)c1)C1C=CCN1S(=O)(=O)c1ccc(F)cc1. The van der Waals surface area contributed by atoms with E-state index in [-0.39, 0.29) is 18.0 Å². The number of nitrogens with one attached hydrogen (secondary N) is 1. The van der Waals surface area contributed by atoms with E-state index in [1.165, 1.54) is 18.2 Å². The van der Waals surface area contributed by atoms with Crippen molar-refractivity contribution in [1.29, 1.82) is 0 Å². The highest BCUT2D eigenvalue weighted by molar-refractivity contribution is 7.89. The fourth-order valence-electron chi connectivity index (χ4n) is 5.70. The zero-order chi connectivity index (χ0) is 33.9. The number of aromatic nitrogens is 2. The lowest BCUT2D eigenvalue weighted by Gasteiger charge is -2.35. The van der Waals surface area contributed by atoms with Gasteiger partial charge in [-0.25, -0.2) is 17.8 Å². The summed E-state index contributed by atoms with van der Waals surface area (Å²) in [4.78, 5) is 26.6. The van der Waals surface area contributed by atoms with Gasteiger partial charge in [-0.05, 0) is 65.7 Å². The van der Waals surface area contributed by atoms with Crippen LogP contribution in [0.3, 0.4) is 0 Å². The second-order valence-electron chi connectivity index (χ2n) is 11.5. The first-order valence-electron chi connectivity index (χ1n) is 15.2. The highest BCUT2D eigenvalue weighted by atomic mass is 32.2. The minimum atomic E-state index is -4.48. The molecule has 6 rings (SSSR count). The van der Waals surface area contributed by atoms with Crippen molar-refractivity contribution >= 4 is 21.7 Å². The van der Waals surface area contributed by atoms with Crippen LogP contribution in [-0.2, 0) is 34.1 Å². The summed E-state index contributed by atoms with van der Waals surface area (Å²) in [7, 11) is -4.10. The summed E-state index contributed by atoms with van der Waals surface area (Å²) in [6, 6.07) is 15.4. The Morgan fingerprint density at radius 2 is 1.67 bits per heavy atom. The molecule has 2 aliphatic rings. The van der Waals surface area contributed by atoms with Crippen LogP contribution in [0.2, 0.25) is 0 Å². The molecule has 0 aliphatic carbocycles. The molecule has 1 saturated heterocycles. The summed E-state index contributed by atoms with van der Waals surface area (Å²) in [6.07, 6.45) is 2.15. The maximum atomic E-state index is 13.4. The number of piperazine rings is 1. The van der Waals surface area contributed by atoms with Crippen LogP contribution in [0.25, 0.3) is 11.3 Å². The van der Waals surface area contributed by atoms with E-state index >= 15 is 0 Å². The number of carbonyl (C=O) groups is 1. The van der Waals surface area contributed by atoms with Crippen molar-refractivity contribution < 1.29 is 30.8 Å². The lowest BCUT2D eigenvalue weighted by Crippen LogP contribution is -2.46. The number of halogens is 4. The molecule has 1 amide bonds. The summed E-state index contributed by atoms with van der Waals surface area (Å²) in [5.41, 5.74) is 1.88. The molecular formula is C34H32F4N6O3S. The molecule has 2 aromatic carbocycles. The molecule has 9 nitrogen and oxygen atoms in total. The first kappa shape index (κ1) is 33.2. The molecule has 4 aromatic rings. The van der Waals surface area contributed by atoms with Gasteiger partial charge in [0, 0.05) is 63.8 Å². The van der Waals surface area contributed by atoms with Gasteiger partial charge in [-0.3, -0.25) is 14.7 Å². The number of hydrogen-bond acceptors (Lipinski definition) is 7. The number of benzene rings is 2. The maximum Gasteiger partial charge on any atom is 0.416 e. The minimum absolute atomic E-state index is 0.0116. The van der Waals surface area contributed by atoms with E-state index in [4.69, 9.17) is 4.98 Å². The van der Waals surface area contributed by atoms with E-state index < -0.39 is 39.5 Å². The molecule has 250 valence electrons. The zero-order valence-corrected chi connectivity index (χ0v) is 26.5. The molecule has 48 heavy (non-hydrogen) atoms. The molecular weight excluding hydrogens is 648 g/mol. The zero-order valence-electron chi connectivity index (χ0n) is 25.6. The first-order valence-corrected chi connectivity index (χ1v) is 16.7. The van der Waals surface area contributed by atoms with E-state index in [9.17, 15) is 30.8 Å². The van der Waals surface area contributed by atoms with Crippen molar-refractivity contribution in [1.82, 2.24) is 24.5 Å². The number of sulfonamides is 1. The van der Waals surface area contributed by atoms with Gasteiger partial charge in [-0.15, -0.1) is 0 Å². The number of carbonyl (C=O) groups excluding carboxylic acids is 1. The second kappa shape index (κ2) is 13.8. The van der Waals surface area contributed by atoms with Crippen LogP contribution in [-0.4, -0.2) is 72.3 Å². The number of anilines is 1. The van der Waals surface area contributed by atoms with Crippen molar-refractivity contribution in [3.05, 3.63) is 120 Å². The smallest absolute Gasteiger partial charge is 0.354 e. The van der Waals surface area contributed by atoms with Crippen molar-refractivity contribution in [2.24, 2.45) is 0 Å². The topological polar surface area (TPSA) is 98.7 Å². The highest BCUT2D eigenvalue weighted by Gasteiger charge is 2.36. The van der Waals surface area contributed by atoms with Crippen molar-refractivity contribution in [3.8, 4) is 11.3 Å². The minimum Gasteiger partial charge on any atom is -0.354 e. The summed E-state index contributed by atoms with van der Waals surface area (Å²) < 4.78 is 80.7. The molecule has 0 bridgehead atoms. The van der Waals surface area contributed by atoms with Crippen LogP contribution in [0.15, 0.2) is 102 Å². The Labute approximate surface area is 275 Å². The highest BCUT2D eigenvalue weighted by Crippen LogP contribution is 2.32. The van der Waals surface area contributed by atoms with E-state index in [1.54, 1.807) is 18.3 Å². The second-order valence-corrected chi connectivity index (χ2v) is 13.4. The number of nitrogens with zero attached hydrogens (tertiary/aromatic N) is 5. The van der Waals surface area contributed by atoms with Gasteiger partial charge in [-0.2, -0.15) is 17.5 Å². The molecule has 1 unspecified atom stereocenters. The molecule has 1 N–H and O–H groups in total. The lowest BCUT2D eigenvalue weighted by molar-refractivity contribution is -0.137. The third-order valence-corrected chi connectivity index (χ3v) is 10.1. The molecule has 2 aliphatic heterocycles. The predicted molar refractivity (Wildman–Crippen MR) is 171 cm³/mol. The third-order valence-electron chi connectivity index (χ3n) is 8.27. The largest absolute Gasteiger partial charge is 0.416 e. The Hall–Kier alpha value is -4.66. The van der Waals surface area contributed by atoms with Gasteiger partial charge in [0.1, 0.15) is 17.7 Å². The Balaban J connectivity index is 1.20. The van der Waals surface area contributed by atoms with Gasteiger partial charge in [0.2, 0.25) is 15.9 Å². The van der Waals surface area contributed by atoms with Crippen LogP contribution < -0.4 is 10.2 Å². The van der Waals surface area contributed by atoms with Crippen LogP contribution in [0.5, 0.6) is 0 Å². The molecule has 0 spiro atoms. The summed E-state index contributed by atoms with van der Waals surface area (Å²) in [6.45, 7) is 3.54. The molecule has 0 radical (unpaired) electrons. The van der Waals surface area contributed by atoms with Gasteiger partial charge < -0.3 is 10.2 Å². The number of pyridine rings is 2. The molecule has 14 heteroatoms. The van der Waals surface area contributed by atoms with Crippen LogP contribution in [0.1, 0.15) is 16.7 Å². The van der Waals surface area contributed by atoms with Crippen molar-refractivity contribution in [2.45, 2.75) is 30.2 Å².